The normalized spacial score (nSPS) is 12.0. The lowest BCUT2D eigenvalue weighted by Gasteiger charge is -2.22. The Bertz CT molecular complexity index is 2170. The minimum atomic E-state index is -3.81. The number of para-hydroxylation sites is 2. The molecule has 0 bridgehead atoms. The van der Waals surface area contributed by atoms with Crippen molar-refractivity contribution in [1.29, 1.82) is 0 Å². The van der Waals surface area contributed by atoms with Gasteiger partial charge in [0.2, 0.25) is 10.0 Å². The molecule has 12 nitrogen and oxygen atoms in total. The number of aromatic nitrogens is 4. The molecule has 2 aromatic heterocycles. The zero-order chi connectivity index (χ0) is 32.7. The van der Waals surface area contributed by atoms with Crippen LogP contribution in [0.15, 0.2) is 96.9 Å². The van der Waals surface area contributed by atoms with Gasteiger partial charge < -0.3 is 15.3 Å². The van der Waals surface area contributed by atoms with E-state index in [2.05, 4.69) is 15.3 Å². The number of H-pyrrole nitrogens is 2. The van der Waals surface area contributed by atoms with Gasteiger partial charge in [-0.1, -0.05) is 42.0 Å². The molecule has 2 heterocycles. The highest BCUT2D eigenvalue weighted by molar-refractivity contribution is 7.89. The maximum Gasteiger partial charge on any atom is 0.328 e. The van der Waals surface area contributed by atoms with Gasteiger partial charge in [-0.15, -0.1) is 0 Å². The van der Waals surface area contributed by atoms with E-state index >= 15 is 0 Å². The number of rotatable bonds is 15. The molecular weight excluding hydrogens is 608 g/mol. The first-order valence-corrected chi connectivity index (χ1v) is 16.8. The van der Waals surface area contributed by atoms with Crippen LogP contribution in [0, 0.1) is 6.92 Å². The van der Waals surface area contributed by atoms with Crippen LogP contribution in [0.1, 0.15) is 31.2 Å². The second kappa shape index (κ2) is 14.7. The number of nitrogens with zero attached hydrogens (tertiary/aromatic N) is 3. The van der Waals surface area contributed by atoms with E-state index in [0.717, 1.165) is 10.1 Å². The summed E-state index contributed by atoms with van der Waals surface area (Å²) in [4.78, 5) is 56.2. The third-order valence-corrected chi connectivity index (χ3v) is 9.89. The van der Waals surface area contributed by atoms with Gasteiger partial charge in [-0.2, -0.15) is 4.31 Å². The number of fused-ring (bicyclic) bond motifs is 2. The third kappa shape index (κ3) is 7.44. The average Bonchev–Trinajstić information content (AvgIpc) is 3.04. The summed E-state index contributed by atoms with van der Waals surface area (Å²) in [5.41, 5.74) is 0.231. The van der Waals surface area contributed by atoms with Crippen molar-refractivity contribution in [2.75, 3.05) is 26.2 Å². The van der Waals surface area contributed by atoms with Crippen molar-refractivity contribution in [3.8, 4) is 0 Å². The van der Waals surface area contributed by atoms with Gasteiger partial charge in [0, 0.05) is 26.2 Å². The topological polar surface area (TPSA) is 159 Å². The largest absolute Gasteiger partial charge is 0.328 e. The van der Waals surface area contributed by atoms with Gasteiger partial charge in [0.15, 0.2) is 0 Å². The fourth-order valence-corrected chi connectivity index (χ4v) is 6.96. The molecule has 0 saturated heterocycles. The number of hydrogen-bond acceptors (Lipinski definition) is 7. The van der Waals surface area contributed by atoms with Crippen LogP contribution < -0.4 is 27.8 Å². The van der Waals surface area contributed by atoms with Crippen molar-refractivity contribution in [3.63, 3.8) is 0 Å². The van der Waals surface area contributed by atoms with Crippen LogP contribution in [-0.2, 0) is 23.1 Å². The predicted octanol–water partition coefficient (Wildman–Crippen LogP) is 2.54. The fourth-order valence-electron chi connectivity index (χ4n) is 5.45. The van der Waals surface area contributed by atoms with Gasteiger partial charge in [0.1, 0.15) is 0 Å². The Hall–Kier alpha value is -4.59. The number of unbranched alkanes of at least 4 members (excludes halogenated alkanes) is 1. The quantitative estimate of drug-likeness (QED) is 0.148. The average molecular weight is 647 g/mol. The molecule has 0 unspecified atom stereocenters. The second-order valence-electron chi connectivity index (χ2n) is 11.2. The molecule has 0 aliphatic carbocycles. The van der Waals surface area contributed by atoms with Crippen LogP contribution in [0.25, 0.3) is 21.8 Å². The van der Waals surface area contributed by atoms with Crippen molar-refractivity contribution in [3.05, 3.63) is 120 Å². The Labute approximate surface area is 265 Å². The third-order valence-electron chi connectivity index (χ3n) is 7.97. The number of aryl methyl sites for hydroxylation is 1. The van der Waals surface area contributed by atoms with Gasteiger partial charge in [0.05, 0.1) is 26.7 Å². The number of nitrogens with one attached hydrogen (secondary N) is 3. The molecule has 0 saturated carbocycles. The first-order chi connectivity index (χ1) is 22.2. The van der Waals surface area contributed by atoms with Crippen molar-refractivity contribution in [1.82, 2.24) is 28.7 Å². The van der Waals surface area contributed by atoms with Crippen molar-refractivity contribution in [2.24, 2.45) is 0 Å². The van der Waals surface area contributed by atoms with Gasteiger partial charge in [-0.3, -0.25) is 18.7 Å². The molecule has 46 heavy (non-hydrogen) atoms. The number of sulfonamides is 1. The Kier molecular flexibility index (Phi) is 10.5. The maximum absolute atomic E-state index is 13.6. The number of hydrogen-bond donors (Lipinski definition) is 3. The van der Waals surface area contributed by atoms with E-state index in [1.807, 2.05) is 6.92 Å². The molecule has 3 aromatic carbocycles. The molecular formula is C33H38N6O6S. The van der Waals surface area contributed by atoms with Gasteiger partial charge >= 0.3 is 11.4 Å². The summed E-state index contributed by atoms with van der Waals surface area (Å²) in [6, 6.07) is 20.4. The van der Waals surface area contributed by atoms with Crippen molar-refractivity contribution >= 4 is 31.8 Å². The minimum absolute atomic E-state index is 0.0730. The molecule has 5 rings (SSSR count). The van der Waals surface area contributed by atoms with Gasteiger partial charge in [-0.05, 0) is 82.1 Å². The van der Waals surface area contributed by atoms with E-state index in [9.17, 15) is 27.6 Å². The van der Waals surface area contributed by atoms with E-state index in [0.29, 0.717) is 54.2 Å². The zero-order valence-corrected chi connectivity index (χ0v) is 26.5. The molecule has 0 aliphatic heterocycles. The summed E-state index contributed by atoms with van der Waals surface area (Å²) in [7, 11) is -3.81. The van der Waals surface area contributed by atoms with E-state index in [-0.39, 0.29) is 43.1 Å². The van der Waals surface area contributed by atoms with Crippen LogP contribution in [0.5, 0.6) is 0 Å². The summed E-state index contributed by atoms with van der Waals surface area (Å²) in [5, 5.41) is 4.17. The monoisotopic (exact) mass is 646 g/mol. The lowest BCUT2D eigenvalue weighted by atomic mass is 10.2. The van der Waals surface area contributed by atoms with Gasteiger partial charge in [0.25, 0.3) is 11.1 Å². The molecule has 5 aromatic rings. The first kappa shape index (κ1) is 32.8. The smallest absolute Gasteiger partial charge is 0.317 e. The Morgan fingerprint density at radius 2 is 1.15 bits per heavy atom. The van der Waals surface area contributed by atoms with E-state index < -0.39 is 27.0 Å². The highest BCUT2D eigenvalue weighted by atomic mass is 32.2. The molecule has 13 heteroatoms. The molecule has 0 atom stereocenters. The minimum Gasteiger partial charge on any atom is -0.317 e. The van der Waals surface area contributed by atoms with Crippen LogP contribution in [0.3, 0.4) is 0 Å². The lowest BCUT2D eigenvalue weighted by molar-refractivity contribution is 0.380. The van der Waals surface area contributed by atoms with E-state index in [4.69, 9.17) is 0 Å². The first-order valence-electron chi connectivity index (χ1n) is 15.4. The maximum atomic E-state index is 13.6. The molecule has 242 valence electrons. The highest BCUT2D eigenvalue weighted by Crippen LogP contribution is 2.18. The molecule has 0 fully saturated rings. The van der Waals surface area contributed by atoms with Crippen molar-refractivity contribution in [2.45, 2.75) is 50.6 Å². The number of aromatic amines is 2. The lowest BCUT2D eigenvalue weighted by Crippen LogP contribution is -2.38. The van der Waals surface area contributed by atoms with E-state index in [1.165, 1.54) is 8.87 Å². The molecule has 0 amide bonds. The molecule has 3 N–H and O–H groups in total. The Morgan fingerprint density at radius 3 is 1.74 bits per heavy atom. The Balaban J connectivity index is 1.15. The summed E-state index contributed by atoms with van der Waals surface area (Å²) in [6.07, 6.45) is 2.12. The molecule has 0 radical (unpaired) electrons. The van der Waals surface area contributed by atoms with Crippen LogP contribution in [0.4, 0.5) is 0 Å². The van der Waals surface area contributed by atoms with Crippen LogP contribution in [0.2, 0.25) is 0 Å². The van der Waals surface area contributed by atoms with Gasteiger partial charge in [-0.25, -0.2) is 18.0 Å². The standard InChI is InChI=1S/C33H38N6O6S/c1-24-14-16-25(17-15-24)46(44,45)37(21-9-23-39-31(41)27-11-3-5-13-29(27)36-33(39)43)20-7-6-18-34-19-8-22-38-30(40)26-10-2-4-12-28(26)35-32(38)42/h2-5,10-17,34H,6-9,18-23H2,1H3,(H,35,42)(H,36,43). The fraction of sp³-hybridized carbons (Fsp3) is 0.333. The zero-order valence-electron chi connectivity index (χ0n) is 25.7. The summed E-state index contributed by atoms with van der Waals surface area (Å²) in [6.45, 7) is 3.85. The van der Waals surface area contributed by atoms with Crippen LogP contribution >= 0.6 is 0 Å². The van der Waals surface area contributed by atoms with E-state index in [1.54, 1.807) is 72.8 Å². The summed E-state index contributed by atoms with van der Waals surface area (Å²) < 4.78 is 30.9. The molecule has 0 aliphatic rings. The Morgan fingerprint density at radius 1 is 0.652 bits per heavy atom. The van der Waals surface area contributed by atoms with Crippen molar-refractivity contribution < 1.29 is 8.42 Å². The summed E-state index contributed by atoms with van der Waals surface area (Å²) in [5.74, 6) is 0. The summed E-state index contributed by atoms with van der Waals surface area (Å²) >= 11 is 0. The number of benzene rings is 3. The SMILES string of the molecule is Cc1ccc(S(=O)(=O)N(CCCCNCCCn2c(=O)[nH]c3ccccc3c2=O)CCCn2c(=O)[nH]c3ccccc3c2=O)cc1. The predicted molar refractivity (Wildman–Crippen MR) is 179 cm³/mol. The molecule has 0 spiro atoms. The van der Waals surface area contributed by atoms with Crippen LogP contribution in [-0.4, -0.2) is 58.0 Å². The highest BCUT2D eigenvalue weighted by Gasteiger charge is 2.24. The second-order valence-corrected chi connectivity index (χ2v) is 13.2.